The maximum Gasteiger partial charge on any atom is 0.329 e. The lowest BCUT2D eigenvalue weighted by atomic mass is 10.1. The second-order valence-corrected chi connectivity index (χ2v) is 7.33. The Balaban J connectivity index is 2.04. The van der Waals surface area contributed by atoms with Crippen molar-refractivity contribution in [1.29, 1.82) is 0 Å². The van der Waals surface area contributed by atoms with Crippen molar-refractivity contribution in [2.45, 2.75) is 46.2 Å². The number of quaternary nitrogens is 1. The van der Waals surface area contributed by atoms with E-state index in [9.17, 15) is 9.59 Å². The van der Waals surface area contributed by atoms with E-state index in [1.807, 2.05) is 22.8 Å². The number of rotatable bonds is 9. The maximum atomic E-state index is 12.6. The smallest absolute Gasteiger partial charge is 0.329 e. The van der Waals surface area contributed by atoms with E-state index in [4.69, 9.17) is 4.98 Å². The van der Waals surface area contributed by atoms with Gasteiger partial charge in [-0.25, -0.2) is 9.78 Å². The van der Waals surface area contributed by atoms with Crippen molar-refractivity contribution >= 4 is 11.2 Å². The molecular formula is C21H30N5O2+. The van der Waals surface area contributed by atoms with E-state index < -0.39 is 5.69 Å². The molecule has 0 amide bonds. The molecule has 0 aliphatic carbocycles. The van der Waals surface area contributed by atoms with Gasteiger partial charge in [-0.15, -0.1) is 0 Å². The number of hydrogen-bond acceptors (Lipinski definition) is 3. The van der Waals surface area contributed by atoms with Gasteiger partial charge in [-0.2, -0.15) is 0 Å². The first-order valence-corrected chi connectivity index (χ1v) is 10.1. The number of benzene rings is 1. The highest BCUT2D eigenvalue weighted by atomic mass is 16.2. The molecule has 0 fully saturated rings. The molecular weight excluding hydrogens is 354 g/mol. The predicted octanol–water partition coefficient (Wildman–Crippen LogP) is 0.871. The van der Waals surface area contributed by atoms with Crippen LogP contribution in [0.15, 0.2) is 39.9 Å². The molecule has 0 aliphatic heterocycles. The molecule has 0 aliphatic rings. The van der Waals surface area contributed by atoms with Crippen molar-refractivity contribution in [3.05, 3.63) is 62.6 Å². The van der Waals surface area contributed by atoms with Crippen LogP contribution in [0.2, 0.25) is 0 Å². The maximum absolute atomic E-state index is 12.6. The predicted molar refractivity (Wildman–Crippen MR) is 111 cm³/mol. The summed E-state index contributed by atoms with van der Waals surface area (Å²) in [6.45, 7) is 7.89. The largest absolute Gasteiger partial charge is 0.329 e. The summed E-state index contributed by atoms with van der Waals surface area (Å²) < 4.78 is 3.44. The summed E-state index contributed by atoms with van der Waals surface area (Å²) in [5.41, 5.74) is 1.37. The van der Waals surface area contributed by atoms with Crippen LogP contribution in [0.4, 0.5) is 0 Å². The van der Waals surface area contributed by atoms with Crippen molar-refractivity contribution < 1.29 is 4.90 Å². The van der Waals surface area contributed by atoms with E-state index in [0.717, 1.165) is 44.7 Å². The molecule has 2 aromatic heterocycles. The summed E-state index contributed by atoms with van der Waals surface area (Å²) >= 11 is 0. The number of imidazole rings is 1. The number of nitrogens with zero attached hydrogens (tertiary/aromatic N) is 3. The number of aryl methyl sites for hydroxylation is 3. The Labute approximate surface area is 164 Å². The number of fused-ring (bicyclic) bond motifs is 1. The van der Waals surface area contributed by atoms with Crippen molar-refractivity contribution in [2.75, 3.05) is 13.1 Å². The second-order valence-electron chi connectivity index (χ2n) is 7.33. The fourth-order valence-corrected chi connectivity index (χ4v) is 3.77. The summed E-state index contributed by atoms with van der Waals surface area (Å²) in [5, 5.41) is 0. The summed E-state index contributed by atoms with van der Waals surface area (Å²) in [5.74, 6) is 0.870. The molecule has 1 aromatic carbocycles. The fraction of sp³-hybridized carbons (Fsp3) is 0.476. The van der Waals surface area contributed by atoms with Crippen LogP contribution in [0.25, 0.3) is 11.2 Å². The number of aromatic amines is 1. The Morgan fingerprint density at radius 2 is 1.75 bits per heavy atom. The average molecular weight is 385 g/mol. The molecule has 0 saturated carbocycles. The third-order valence-corrected chi connectivity index (χ3v) is 5.17. The van der Waals surface area contributed by atoms with Crippen LogP contribution >= 0.6 is 0 Å². The van der Waals surface area contributed by atoms with Gasteiger partial charge in [0, 0.05) is 13.6 Å². The lowest BCUT2D eigenvalue weighted by Gasteiger charge is -2.18. The van der Waals surface area contributed by atoms with Crippen LogP contribution in [0.3, 0.4) is 0 Å². The highest BCUT2D eigenvalue weighted by Crippen LogP contribution is 2.12. The van der Waals surface area contributed by atoms with E-state index in [2.05, 4.69) is 31.0 Å². The van der Waals surface area contributed by atoms with Crippen LogP contribution in [0, 0.1) is 0 Å². The van der Waals surface area contributed by atoms with Crippen LogP contribution in [-0.2, 0) is 26.6 Å². The van der Waals surface area contributed by atoms with Gasteiger partial charge in [0.15, 0.2) is 17.0 Å². The summed E-state index contributed by atoms with van der Waals surface area (Å²) in [6, 6.07) is 10.2. The highest BCUT2D eigenvalue weighted by Gasteiger charge is 2.20. The van der Waals surface area contributed by atoms with Crippen LogP contribution in [0.1, 0.15) is 38.1 Å². The van der Waals surface area contributed by atoms with Crippen molar-refractivity contribution in [1.82, 2.24) is 19.1 Å². The molecule has 7 heteroatoms. The third kappa shape index (κ3) is 4.25. The summed E-state index contributed by atoms with van der Waals surface area (Å²) in [6.07, 6.45) is 3.00. The SMILES string of the molecule is CCC[NH+](CCC)Cc1nc2c(c(=O)[nH]c(=O)n2C)n1CCc1ccccc1. The van der Waals surface area contributed by atoms with Gasteiger partial charge in [0.05, 0.1) is 13.1 Å². The van der Waals surface area contributed by atoms with Gasteiger partial charge < -0.3 is 9.47 Å². The molecule has 28 heavy (non-hydrogen) atoms. The molecule has 0 radical (unpaired) electrons. The lowest BCUT2D eigenvalue weighted by molar-refractivity contribution is -0.914. The number of hydrogen-bond donors (Lipinski definition) is 2. The van der Waals surface area contributed by atoms with Crippen molar-refractivity contribution in [3.63, 3.8) is 0 Å². The normalized spacial score (nSPS) is 11.6. The highest BCUT2D eigenvalue weighted by molar-refractivity contribution is 5.70. The first-order valence-electron chi connectivity index (χ1n) is 10.1. The Bertz CT molecular complexity index is 1030. The Morgan fingerprint density at radius 3 is 2.39 bits per heavy atom. The molecule has 150 valence electrons. The summed E-state index contributed by atoms with van der Waals surface area (Å²) in [7, 11) is 1.65. The van der Waals surface area contributed by atoms with Gasteiger partial charge in [0.2, 0.25) is 0 Å². The van der Waals surface area contributed by atoms with E-state index >= 15 is 0 Å². The van der Waals surface area contributed by atoms with Gasteiger partial charge in [-0.1, -0.05) is 44.2 Å². The van der Waals surface area contributed by atoms with Gasteiger partial charge in [-0.05, 0) is 24.8 Å². The molecule has 2 heterocycles. The van der Waals surface area contributed by atoms with Crippen LogP contribution in [-0.4, -0.2) is 32.2 Å². The molecule has 0 spiro atoms. The van der Waals surface area contributed by atoms with Gasteiger partial charge in [0.25, 0.3) is 5.56 Å². The van der Waals surface area contributed by atoms with E-state index in [0.29, 0.717) is 17.7 Å². The van der Waals surface area contributed by atoms with Crippen molar-refractivity contribution in [3.8, 4) is 0 Å². The molecule has 0 saturated heterocycles. The molecule has 2 N–H and O–H groups in total. The monoisotopic (exact) mass is 384 g/mol. The van der Waals surface area contributed by atoms with Crippen LogP contribution < -0.4 is 16.1 Å². The Morgan fingerprint density at radius 1 is 1.07 bits per heavy atom. The lowest BCUT2D eigenvalue weighted by Crippen LogP contribution is -3.10. The number of H-pyrrole nitrogens is 1. The van der Waals surface area contributed by atoms with E-state index in [1.54, 1.807) is 7.05 Å². The quantitative estimate of drug-likeness (QED) is 0.575. The molecule has 0 atom stereocenters. The molecule has 3 aromatic rings. The van der Waals surface area contributed by atoms with E-state index in [-0.39, 0.29) is 5.56 Å². The minimum absolute atomic E-state index is 0.363. The van der Waals surface area contributed by atoms with Crippen molar-refractivity contribution in [2.24, 2.45) is 7.05 Å². The zero-order chi connectivity index (χ0) is 20.1. The number of nitrogens with one attached hydrogen (secondary N) is 2. The fourth-order valence-electron chi connectivity index (χ4n) is 3.77. The van der Waals surface area contributed by atoms with E-state index in [1.165, 1.54) is 15.0 Å². The molecule has 3 rings (SSSR count). The number of aromatic nitrogens is 4. The zero-order valence-electron chi connectivity index (χ0n) is 17.0. The minimum atomic E-state index is -0.428. The zero-order valence-corrected chi connectivity index (χ0v) is 17.0. The first-order chi connectivity index (χ1) is 13.5. The average Bonchev–Trinajstić information content (AvgIpc) is 3.04. The Kier molecular flexibility index (Phi) is 6.46. The standard InChI is InChI=1S/C21H29N5O2/c1-4-12-25(13-5-2)15-17-22-19-18(20(27)23-21(28)24(19)3)26(17)14-11-16-9-7-6-8-10-16/h6-10H,4-5,11-15H2,1-3H3,(H,23,27,28)/p+1. The summed E-state index contributed by atoms with van der Waals surface area (Å²) in [4.78, 5) is 33.2. The molecule has 0 unspecified atom stereocenters. The first kappa shape index (κ1) is 20.1. The van der Waals surface area contributed by atoms with Crippen LogP contribution in [0.5, 0.6) is 0 Å². The van der Waals surface area contributed by atoms with Gasteiger partial charge in [-0.3, -0.25) is 14.3 Å². The minimum Gasteiger partial charge on any atom is -0.329 e. The molecule has 0 bridgehead atoms. The van der Waals surface area contributed by atoms with Gasteiger partial charge in [0.1, 0.15) is 6.54 Å². The van der Waals surface area contributed by atoms with Gasteiger partial charge >= 0.3 is 5.69 Å². The third-order valence-electron chi connectivity index (χ3n) is 5.17. The topological polar surface area (TPSA) is 77.1 Å². The Hall–Kier alpha value is -2.67. The molecule has 7 nitrogen and oxygen atoms in total. The second kappa shape index (κ2) is 9.01.